The number of benzene rings is 1. The normalized spacial score (nSPS) is 9.30. The fourth-order valence-electron chi connectivity index (χ4n) is 0.636. The standard InChI is InChI=1S/C7H6FNO/c8-6-2-1-5(4-10)3-7(6)9/h1-4H,9H2. The third kappa shape index (κ3) is 1.13. The lowest BCUT2D eigenvalue weighted by atomic mass is 10.2. The van der Waals surface area contributed by atoms with E-state index in [4.69, 9.17) is 5.73 Å². The molecule has 52 valence electrons. The summed E-state index contributed by atoms with van der Waals surface area (Å²) in [5.74, 6) is -0.495. The van der Waals surface area contributed by atoms with E-state index in [1.165, 1.54) is 18.2 Å². The number of nitrogens with two attached hydrogens (primary N) is 1. The quantitative estimate of drug-likeness (QED) is 0.469. The number of carbonyl (C=O) groups is 1. The molecule has 1 aromatic carbocycles. The summed E-state index contributed by atoms with van der Waals surface area (Å²) < 4.78 is 12.4. The van der Waals surface area contributed by atoms with Gasteiger partial charge in [-0.15, -0.1) is 0 Å². The van der Waals surface area contributed by atoms with Crippen molar-refractivity contribution in [2.45, 2.75) is 0 Å². The van der Waals surface area contributed by atoms with Crippen molar-refractivity contribution in [3.05, 3.63) is 29.6 Å². The second-order valence-electron chi connectivity index (χ2n) is 1.90. The smallest absolute Gasteiger partial charge is 0.150 e. The van der Waals surface area contributed by atoms with E-state index in [9.17, 15) is 9.18 Å². The van der Waals surface area contributed by atoms with Gasteiger partial charge in [-0.1, -0.05) is 0 Å². The Morgan fingerprint density at radius 2 is 2.20 bits per heavy atom. The van der Waals surface area contributed by atoms with Crippen molar-refractivity contribution in [2.75, 3.05) is 5.73 Å². The minimum absolute atomic E-state index is 0.00426. The number of rotatable bonds is 1. The number of anilines is 1. The highest BCUT2D eigenvalue weighted by Gasteiger charge is 1.96. The number of nitrogen functional groups attached to an aromatic ring is 1. The Labute approximate surface area is 57.5 Å². The van der Waals surface area contributed by atoms with Gasteiger partial charge < -0.3 is 5.73 Å². The Morgan fingerprint density at radius 3 is 2.70 bits per heavy atom. The monoisotopic (exact) mass is 139 g/mol. The van der Waals surface area contributed by atoms with E-state index in [2.05, 4.69) is 0 Å². The maximum absolute atomic E-state index is 12.4. The van der Waals surface area contributed by atoms with E-state index in [1.807, 2.05) is 0 Å². The molecule has 0 unspecified atom stereocenters. The van der Waals surface area contributed by atoms with Crippen LogP contribution >= 0.6 is 0 Å². The van der Waals surface area contributed by atoms with Crippen LogP contribution in [0.15, 0.2) is 18.2 Å². The fourth-order valence-corrected chi connectivity index (χ4v) is 0.636. The molecule has 0 aromatic heterocycles. The minimum atomic E-state index is -0.495. The molecular weight excluding hydrogens is 133 g/mol. The van der Waals surface area contributed by atoms with Crippen molar-refractivity contribution < 1.29 is 9.18 Å². The summed E-state index contributed by atoms with van der Waals surface area (Å²) >= 11 is 0. The molecule has 0 saturated heterocycles. The molecule has 1 rings (SSSR count). The first kappa shape index (κ1) is 6.74. The van der Waals surface area contributed by atoms with E-state index in [-0.39, 0.29) is 5.69 Å². The number of halogens is 1. The zero-order valence-corrected chi connectivity index (χ0v) is 5.17. The molecule has 0 bridgehead atoms. The van der Waals surface area contributed by atoms with E-state index in [0.717, 1.165) is 0 Å². The minimum Gasteiger partial charge on any atom is -0.396 e. The molecule has 0 amide bonds. The van der Waals surface area contributed by atoms with Crippen LogP contribution in [0.2, 0.25) is 0 Å². The molecule has 2 N–H and O–H groups in total. The van der Waals surface area contributed by atoms with Gasteiger partial charge in [0.15, 0.2) is 0 Å². The SMILES string of the molecule is Nc1cc(C=O)ccc1F. The highest BCUT2D eigenvalue weighted by atomic mass is 19.1. The van der Waals surface area contributed by atoms with Crippen LogP contribution in [-0.2, 0) is 0 Å². The second-order valence-corrected chi connectivity index (χ2v) is 1.90. The van der Waals surface area contributed by atoms with Crippen molar-refractivity contribution in [2.24, 2.45) is 0 Å². The summed E-state index contributed by atoms with van der Waals surface area (Å²) in [6.07, 6.45) is 0.621. The maximum atomic E-state index is 12.4. The molecule has 1 aromatic rings. The molecule has 0 atom stereocenters. The van der Waals surface area contributed by atoms with Crippen LogP contribution in [0.1, 0.15) is 10.4 Å². The summed E-state index contributed by atoms with van der Waals surface area (Å²) in [7, 11) is 0. The van der Waals surface area contributed by atoms with Gasteiger partial charge in [-0.25, -0.2) is 4.39 Å². The lowest BCUT2D eigenvalue weighted by Crippen LogP contribution is -1.91. The van der Waals surface area contributed by atoms with E-state index in [1.54, 1.807) is 0 Å². The molecule has 0 saturated carbocycles. The predicted octanol–water partition coefficient (Wildman–Crippen LogP) is 1.22. The zero-order valence-electron chi connectivity index (χ0n) is 5.17. The molecule has 10 heavy (non-hydrogen) atoms. The summed E-state index contributed by atoms with van der Waals surface area (Å²) in [4.78, 5) is 10.1. The average molecular weight is 139 g/mol. The average Bonchev–Trinajstić information content (AvgIpc) is 1.95. The van der Waals surface area contributed by atoms with Gasteiger partial charge in [0, 0.05) is 5.56 Å². The first-order valence-corrected chi connectivity index (χ1v) is 2.74. The van der Waals surface area contributed by atoms with E-state index >= 15 is 0 Å². The van der Waals surface area contributed by atoms with Crippen molar-refractivity contribution >= 4 is 12.0 Å². The van der Waals surface area contributed by atoms with Crippen LogP contribution in [0, 0.1) is 5.82 Å². The van der Waals surface area contributed by atoms with Gasteiger partial charge >= 0.3 is 0 Å². The summed E-state index contributed by atoms with van der Waals surface area (Å²) in [5.41, 5.74) is 5.55. The van der Waals surface area contributed by atoms with Crippen LogP contribution in [0.4, 0.5) is 10.1 Å². The van der Waals surface area contributed by atoms with Crippen molar-refractivity contribution in [1.29, 1.82) is 0 Å². The first-order valence-electron chi connectivity index (χ1n) is 2.74. The summed E-state index contributed by atoms with van der Waals surface area (Å²) in [6, 6.07) is 3.83. The van der Waals surface area contributed by atoms with E-state index < -0.39 is 5.82 Å². The third-order valence-electron chi connectivity index (χ3n) is 1.16. The summed E-state index contributed by atoms with van der Waals surface area (Å²) in [6.45, 7) is 0. The van der Waals surface area contributed by atoms with Crippen LogP contribution in [-0.4, -0.2) is 6.29 Å². The van der Waals surface area contributed by atoms with E-state index in [0.29, 0.717) is 11.8 Å². The number of aldehydes is 1. The Morgan fingerprint density at radius 1 is 1.50 bits per heavy atom. The molecule has 0 spiro atoms. The number of hydrogen-bond acceptors (Lipinski definition) is 2. The van der Waals surface area contributed by atoms with Crippen LogP contribution in [0.3, 0.4) is 0 Å². The molecule has 0 radical (unpaired) electrons. The Hall–Kier alpha value is -1.38. The van der Waals surface area contributed by atoms with Gasteiger partial charge in [0.05, 0.1) is 5.69 Å². The molecule has 0 aliphatic carbocycles. The lowest BCUT2D eigenvalue weighted by molar-refractivity contribution is 0.112. The predicted molar refractivity (Wildman–Crippen MR) is 36.2 cm³/mol. The fraction of sp³-hybridized carbons (Fsp3) is 0. The van der Waals surface area contributed by atoms with Crippen LogP contribution in [0.25, 0.3) is 0 Å². The molecule has 0 aliphatic heterocycles. The molecule has 0 heterocycles. The Balaban J connectivity index is 3.16. The van der Waals surface area contributed by atoms with Crippen molar-refractivity contribution in [3.63, 3.8) is 0 Å². The van der Waals surface area contributed by atoms with Crippen molar-refractivity contribution in [3.8, 4) is 0 Å². The van der Waals surface area contributed by atoms with Gasteiger partial charge in [-0.05, 0) is 18.2 Å². The molecule has 3 heteroatoms. The lowest BCUT2D eigenvalue weighted by Gasteiger charge is -1.94. The second kappa shape index (κ2) is 2.47. The third-order valence-corrected chi connectivity index (χ3v) is 1.16. The van der Waals surface area contributed by atoms with Gasteiger partial charge in [-0.3, -0.25) is 4.79 Å². The Bertz CT molecular complexity index is 260. The number of hydrogen-bond donors (Lipinski definition) is 1. The molecule has 2 nitrogen and oxygen atoms in total. The molecule has 0 fully saturated rings. The van der Waals surface area contributed by atoms with Gasteiger partial charge in [0.1, 0.15) is 12.1 Å². The molecule has 0 aliphatic rings. The van der Waals surface area contributed by atoms with Crippen molar-refractivity contribution in [1.82, 2.24) is 0 Å². The van der Waals surface area contributed by atoms with Crippen LogP contribution in [0.5, 0.6) is 0 Å². The molecular formula is C7H6FNO. The maximum Gasteiger partial charge on any atom is 0.150 e. The van der Waals surface area contributed by atoms with Gasteiger partial charge in [0.25, 0.3) is 0 Å². The largest absolute Gasteiger partial charge is 0.396 e. The first-order chi connectivity index (χ1) is 4.74. The summed E-state index contributed by atoms with van der Waals surface area (Å²) in [5, 5.41) is 0. The van der Waals surface area contributed by atoms with Gasteiger partial charge in [0.2, 0.25) is 0 Å². The van der Waals surface area contributed by atoms with Crippen LogP contribution < -0.4 is 5.73 Å². The highest BCUT2D eigenvalue weighted by molar-refractivity contribution is 5.76. The topological polar surface area (TPSA) is 43.1 Å². The zero-order chi connectivity index (χ0) is 7.56. The van der Waals surface area contributed by atoms with Gasteiger partial charge in [-0.2, -0.15) is 0 Å². The highest BCUT2D eigenvalue weighted by Crippen LogP contribution is 2.09. The number of carbonyl (C=O) groups excluding carboxylic acids is 1. The Kier molecular flexibility index (Phi) is 1.67.